The number of nitrogens with zero attached hydrogens (tertiary/aromatic N) is 1. The number of carbonyl (C=O) groups is 1. The summed E-state index contributed by atoms with van der Waals surface area (Å²) < 4.78 is 4.83. The van der Waals surface area contributed by atoms with Gasteiger partial charge in [-0.15, -0.1) is 0 Å². The van der Waals surface area contributed by atoms with Crippen LogP contribution in [0.15, 0.2) is 67.4 Å². The largest absolute Gasteiger partial charge is 0.465 e. The second-order valence-corrected chi connectivity index (χ2v) is 4.83. The highest BCUT2D eigenvalue weighted by atomic mass is 16.5. The van der Waals surface area contributed by atoms with Crippen molar-refractivity contribution >= 4 is 11.7 Å². The minimum atomic E-state index is -0.373. The summed E-state index contributed by atoms with van der Waals surface area (Å²) in [7, 11) is 1.37. The second-order valence-electron chi connectivity index (χ2n) is 4.83. The van der Waals surface area contributed by atoms with Crippen LogP contribution >= 0.6 is 0 Å². The van der Waals surface area contributed by atoms with Gasteiger partial charge < -0.3 is 9.64 Å². The third kappa shape index (κ3) is 4.48. The molecule has 0 fully saturated rings. The second kappa shape index (κ2) is 8.67. The molecular weight excluding hydrogens is 274 g/mol. The van der Waals surface area contributed by atoms with Gasteiger partial charge in [0.2, 0.25) is 0 Å². The van der Waals surface area contributed by atoms with Crippen molar-refractivity contribution in [1.82, 2.24) is 4.90 Å². The third-order valence-electron chi connectivity index (χ3n) is 3.20. The van der Waals surface area contributed by atoms with Crippen molar-refractivity contribution < 1.29 is 9.53 Å². The topological polar surface area (TPSA) is 29.5 Å². The summed E-state index contributed by atoms with van der Waals surface area (Å²) in [6.07, 6.45) is 7.71. The van der Waals surface area contributed by atoms with Gasteiger partial charge in [0, 0.05) is 17.8 Å². The average Bonchev–Trinajstić information content (AvgIpc) is 2.56. The zero-order valence-electron chi connectivity index (χ0n) is 13.5. The lowest BCUT2D eigenvalue weighted by molar-refractivity contribution is 0.0600. The fraction of sp³-hybridized carbons (Fsp3) is 0.211. The van der Waals surface area contributed by atoms with Crippen molar-refractivity contribution in [2.24, 2.45) is 0 Å². The zero-order chi connectivity index (χ0) is 16.5. The lowest BCUT2D eigenvalue weighted by Gasteiger charge is -2.24. The van der Waals surface area contributed by atoms with Crippen molar-refractivity contribution in [1.29, 1.82) is 0 Å². The van der Waals surface area contributed by atoms with Crippen LogP contribution < -0.4 is 0 Å². The van der Waals surface area contributed by atoms with Crippen LogP contribution in [-0.2, 0) is 4.74 Å². The fourth-order valence-corrected chi connectivity index (χ4v) is 2.03. The van der Waals surface area contributed by atoms with Gasteiger partial charge in [-0.2, -0.15) is 0 Å². The maximum absolute atomic E-state index is 11.9. The molecule has 116 valence electrons. The smallest absolute Gasteiger partial charge is 0.338 e. The van der Waals surface area contributed by atoms with E-state index in [1.54, 1.807) is 18.3 Å². The van der Waals surface area contributed by atoms with Gasteiger partial charge in [0.05, 0.1) is 12.7 Å². The van der Waals surface area contributed by atoms with Crippen molar-refractivity contribution in [3.8, 4) is 0 Å². The number of ether oxygens (including phenoxy) is 1. The summed E-state index contributed by atoms with van der Waals surface area (Å²) >= 11 is 0. The Bertz CT molecular complexity index is 612. The first-order valence-electron chi connectivity index (χ1n) is 7.09. The molecule has 1 aromatic rings. The van der Waals surface area contributed by atoms with Gasteiger partial charge in [-0.3, -0.25) is 0 Å². The maximum Gasteiger partial charge on any atom is 0.338 e. The van der Waals surface area contributed by atoms with E-state index in [2.05, 4.69) is 13.2 Å². The van der Waals surface area contributed by atoms with Gasteiger partial charge in [0.1, 0.15) is 0 Å². The summed E-state index contributed by atoms with van der Waals surface area (Å²) in [5.74, 6) is -0.373. The predicted octanol–water partition coefficient (Wildman–Crippen LogP) is 4.41. The molecule has 0 aromatic heterocycles. The Morgan fingerprint density at radius 3 is 2.50 bits per heavy atom. The molecule has 0 amide bonds. The molecule has 0 spiro atoms. The molecule has 1 rings (SSSR count). The van der Waals surface area contributed by atoms with E-state index in [9.17, 15) is 4.79 Å². The Balaban J connectivity index is 3.07. The molecule has 0 atom stereocenters. The van der Waals surface area contributed by atoms with E-state index >= 15 is 0 Å². The molecule has 22 heavy (non-hydrogen) atoms. The number of hydrogen-bond donors (Lipinski definition) is 0. The highest BCUT2D eigenvalue weighted by Crippen LogP contribution is 2.23. The van der Waals surface area contributed by atoms with Crippen molar-refractivity contribution in [3.63, 3.8) is 0 Å². The first-order chi connectivity index (χ1) is 10.5. The molecular formula is C19H23NO2. The van der Waals surface area contributed by atoms with Crippen LogP contribution in [0, 0.1) is 0 Å². The fourth-order valence-electron chi connectivity index (χ4n) is 2.03. The summed E-state index contributed by atoms with van der Waals surface area (Å²) in [6, 6.07) is 7.27. The summed E-state index contributed by atoms with van der Waals surface area (Å²) in [5, 5.41) is 0. The SMILES string of the molecule is C=CN(C/C(C)=C/C=C\C)C(=C)c1ccccc1C(=O)OC. The summed E-state index contributed by atoms with van der Waals surface area (Å²) in [4.78, 5) is 13.8. The standard InChI is InChI=1S/C19H23NO2/c1-6-8-11-15(3)14-20(7-2)16(4)17-12-9-10-13-18(17)19(21)22-5/h6-13H,2,4,14H2,1,3,5H3/b8-6-,15-11+. The number of hydrogen-bond acceptors (Lipinski definition) is 3. The number of benzene rings is 1. The molecule has 0 unspecified atom stereocenters. The zero-order valence-corrected chi connectivity index (χ0v) is 13.5. The van der Waals surface area contributed by atoms with Crippen LogP contribution in [0.1, 0.15) is 29.8 Å². The predicted molar refractivity (Wildman–Crippen MR) is 92.3 cm³/mol. The van der Waals surface area contributed by atoms with Gasteiger partial charge in [-0.25, -0.2) is 4.79 Å². The number of methoxy groups -OCH3 is 1. The van der Waals surface area contributed by atoms with E-state index in [0.29, 0.717) is 17.8 Å². The molecule has 0 bridgehead atoms. The van der Waals surface area contributed by atoms with Gasteiger partial charge >= 0.3 is 5.97 Å². The van der Waals surface area contributed by atoms with Crippen molar-refractivity contribution in [2.75, 3.05) is 13.7 Å². The minimum Gasteiger partial charge on any atom is -0.465 e. The molecule has 0 radical (unpaired) electrons. The van der Waals surface area contributed by atoms with Crippen LogP contribution in [-0.4, -0.2) is 24.5 Å². The van der Waals surface area contributed by atoms with Crippen LogP contribution in [0.25, 0.3) is 5.70 Å². The van der Waals surface area contributed by atoms with E-state index in [1.807, 2.05) is 49.1 Å². The average molecular weight is 297 g/mol. The number of rotatable bonds is 7. The van der Waals surface area contributed by atoms with Crippen molar-refractivity contribution in [3.05, 3.63) is 78.6 Å². The minimum absolute atomic E-state index is 0.373. The molecule has 3 heteroatoms. The highest BCUT2D eigenvalue weighted by molar-refractivity contribution is 5.95. The van der Waals surface area contributed by atoms with E-state index < -0.39 is 0 Å². The maximum atomic E-state index is 11.9. The lowest BCUT2D eigenvalue weighted by atomic mass is 10.0. The number of allylic oxidation sites excluding steroid dienone is 3. The van der Waals surface area contributed by atoms with Gasteiger partial charge in [-0.05, 0) is 26.1 Å². The van der Waals surface area contributed by atoms with Gasteiger partial charge in [0.15, 0.2) is 0 Å². The molecule has 0 aliphatic rings. The van der Waals surface area contributed by atoms with Crippen LogP contribution in [0.4, 0.5) is 0 Å². The summed E-state index contributed by atoms with van der Waals surface area (Å²) in [5.41, 5.74) is 3.11. The Kier molecular flexibility index (Phi) is 6.90. The van der Waals surface area contributed by atoms with E-state index in [4.69, 9.17) is 4.74 Å². The van der Waals surface area contributed by atoms with Gasteiger partial charge in [0.25, 0.3) is 0 Å². The monoisotopic (exact) mass is 297 g/mol. The molecule has 3 nitrogen and oxygen atoms in total. The molecule has 0 saturated carbocycles. The molecule has 0 N–H and O–H groups in total. The third-order valence-corrected chi connectivity index (χ3v) is 3.20. The first kappa shape index (κ1) is 17.5. The van der Waals surface area contributed by atoms with Crippen LogP contribution in [0.5, 0.6) is 0 Å². The van der Waals surface area contributed by atoms with E-state index in [-0.39, 0.29) is 5.97 Å². The highest BCUT2D eigenvalue weighted by Gasteiger charge is 2.16. The number of carbonyl (C=O) groups excluding carboxylic acids is 1. The molecule has 0 aliphatic heterocycles. The van der Waals surface area contributed by atoms with Crippen LogP contribution in [0.3, 0.4) is 0 Å². The Labute approximate surface area is 132 Å². The Morgan fingerprint density at radius 2 is 1.95 bits per heavy atom. The first-order valence-corrected chi connectivity index (χ1v) is 7.09. The molecule has 0 heterocycles. The lowest BCUT2D eigenvalue weighted by Crippen LogP contribution is -2.19. The molecule has 1 aromatic carbocycles. The van der Waals surface area contributed by atoms with Crippen LogP contribution in [0.2, 0.25) is 0 Å². The Morgan fingerprint density at radius 1 is 1.32 bits per heavy atom. The van der Waals surface area contributed by atoms with E-state index in [0.717, 1.165) is 11.1 Å². The quantitative estimate of drug-likeness (QED) is 0.551. The van der Waals surface area contributed by atoms with Gasteiger partial charge in [-0.1, -0.05) is 55.2 Å². The van der Waals surface area contributed by atoms with Crippen molar-refractivity contribution in [2.45, 2.75) is 13.8 Å². The number of esters is 1. The molecule has 0 aliphatic carbocycles. The Hall–Kier alpha value is -2.55. The summed E-state index contributed by atoms with van der Waals surface area (Å²) in [6.45, 7) is 12.6. The van der Waals surface area contributed by atoms with E-state index in [1.165, 1.54) is 7.11 Å². The molecule has 0 saturated heterocycles. The normalized spacial score (nSPS) is 11.3.